The van der Waals surface area contributed by atoms with E-state index in [2.05, 4.69) is 14.9 Å². The lowest BCUT2D eigenvalue weighted by Crippen LogP contribution is -2.22. The molecule has 1 aliphatic rings. The van der Waals surface area contributed by atoms with Crippen LogP contribution >= 0.6 is 0 Å². The predicted molar refractivity (Wildman–Crippen MR) is 126 cm³/mol. The summed E-state index contributed by atoms with van der Waals surface area (Å²) in [4.78, 5) is 0. The summed E-state index contributed by atoms with van der Waals surface area (Å²) in [5.74, 6) is 2.00. The van der Waals surface area contributed by atoms with Gasteiger partial charge in [0, 0.05) is 6.61 Å². The van der Waals surface area contributed by atoms with Crippen molar-refractivity contribution in [1.82, 2.24) is 14.8 Å². The van der Waals surface area contributed by atoms with Gasteiger partial charge in [0.25, 0.3) is 0 Å². The molecule has 4 rings (SSSR count). The molecule has 11 heteroatoms. The van der Waals surface area contributed by atoms with Crippen molar-refractivity contribution in [2.45, 2.75) is 31.1 Å². The average molecular weight is 489 g/mol. The third-order valence-electron chi connectivity index (χ3n) is 5.79. The molecule has 1 saturated heterocycles. The molecule has 0 amide bonds. The first kappa shape index (κ1) is 23.8. The largest absolute Gasteiger partial charge is 0.497 e. The fourth-order valence-corrected chi connectivity index (χ4v) is 4.98. The van der Waals surface area contributed by atoms with Gasteiger partial charge in [-0.15, -0.1) is 10.2 Å². The molecule has 0 unspecified atom stereocenters. The van der Waals surface area contributed by atoms with E-state index < -0.39 is 15.3 Å². The fourth-order valence-electron chi connectivity index (χ4n) is 3.91. The lowest BCUT2D eigenvalue weighted by molar-refractivity contribution is 0.103. The van der Waals surface area contributed by atoms with Gasteiger partial charge in [0.15, 0.2) is 5.82 Å². The van der Waals surface area contributed by atoms with E-state index >= 15 is 0 Å². The summed E-state index contributed by atoms with van der Waals surface area (Å²) in [7, 11) is 0.673. The van der Waals surface area contributed by atoms with E-state index in [1.54, 1.807) is 54.0 Å². The number of sulfonamides is 1. The van der Waals surface area contributed by atoms with Crippen LogP contribution in [0.5, 0.6) is 17.2 Å². The smallest absolute Gasteiger partial charge is 0.243 e. The maximum atomic E-state index is 13.4. The van der Waals surface area contributed by atoms with E-state index in [1.807, 2.05) is 0 Å². The SMILES string of the molecule is COc1cccc([C@@H](C)S(=O)(=O)Nc2nnc([C@H]3CCCO3)n2-c2c(OC)cccc2OC)c1. The van der Waals surface area contributed by atoms with Crippen LogP contribution < -0.4 is 18.9 Å². The van der Waals surface area contributed by atoms with Crippen molar-refractivity contribution < 1.29 is 27.4 Å². The third kappa shape index (κ3) is 4.53. The first-order valence-electron chi connectivity index (χ1n) is 10.8. The molecule has 0 bridgehead atoms. The lowest BCUT2D eigenvalue weighted by atomic mass is 10.1. The number of ether oxygens (including phenoxy) is 4. The highest BCUT2D eigenvalue weighted by atomic mass is 32.2. The first-order chi connectivity index (χ1) is 16.4. The molecule has 0 saturated carbocycles. The Morgan fingerprint density at radius 2 is 1.76 bits per heavy atom. The molecule has 2 aromatic carbocycles. The molecule has 2 heterocycles. The highest BCUT2D eigenvalue weighted by Crippen LogP contribution is 2.39. The molecule has 3 aromatic rings. The van der Waals surface area contributed by atoms with Crippen LogP contribution in [-0.4, -0.2) is 51.1 Å². The summed E-state index contributed by atoms with van der Waals surface area (Å²) < 4.78 is 53.2. The van der Waals surface area contributed by atoms with Crippen LogP contribution in [-0.2, 0) is 14.8 Å². The molecule has 0 aliphatic carbocycles. The Morgan fingerprint density at radius 3 is 2.38 bits per heavy atom. The minimum absolute atomic E-state index is 0.0167. The highest BCUT2D eigenvalue weighted by molar-refractivity contribution is 7.92. The van der Waals surface area contributed by atoms with Crippen LogP contribution in [0.4, 0.5) is 5.95 Å². The molecule has 1 aliphatic heterocycles. The van der Waals surface area contributed by atoms with Crippen molar-refractivity contribution in [3.05, 3.63) is 53.9 Å². The highest BCUT2D eigenvalue weighted by Gasteiger charge is 2.32. The molecule has 10 nitrogen and oxygen atoms in total. The lowest BCUT2D eigenvalue weighted by Gasteiger charge is -2.20. The number of rotatable bonds is 9. The number of methoxy groups -OCH3 is 3. The van der Waals surface area contributed by atoms with Crippen LogP contribution in [0.15, 0.2) is 42.5 Å². The first-order valence-corrected chi connectivity index (χ1v) is 12.4. The van der Waals surface area contributed by atoms with E-state index in [-0.39, 0.29) is 12.1 Å². The Morgan fingerprint density at radius 1 is 1.06 bits per heavy atom. The number of nitrogens with zero attached hydrogens (tertiary/aromatic N) is 3. The van der Waals surface area contributed by atoms with Crippen molar-refractivity contribution >= 4 is 16.0 Å². The predicted octanol–water partition coefficient (Wildman–Crippen LogP) is 3.65. The second-order valence-corrected chi connectivity index (χ2v) is 9.80. The summed E-state index contributed by atoms with van der Waals surface area (Å²) in [6.45, 7) is 2.19. The Bertz CT molecular complexity index is 1230. The van der Waals surface area contributed by atoms with Gasteiger partial charge in [0.05, 0.1) is 21.3 Å². The molecule has 34 heavy (non-hydrogen) atoms. The Labute approximate surface area is 198 Å². The van der Waals surface area contributed by atoms with Gasteiger partial charge < -0.3 is 18.9 Å². The molecular weight excluding hydrogens is 460 g/mol. The quantitative estimate of drug-likeness (QED) is 0.486. The second kappa shape index (κ2) is 9.90. The summed E-state index contributed by atoms with van der Waals surface area (Å²) in [5.41, 5.74) is 1.06. The van der Waals surface area contributed by atoms with Crippen molar-refractivity contribution in [2.75, 3.05) is 32.7 Å². The van der Waals surface area contributed by atoms with Gasteiger partial charge in [-0.1, -0.05) is 18.2 Å². The van der Waals surface area contributed by atoms with Crippen molar-refractivity contribution in [1.29, 1.82) is 0 Å². The van der Waals surface area contributed by atoms with Crippen molar-refractivity contribution in [2.24, 2.45) is 0 Å². The van der Waals surface area contributed by atoms with Crippen LogP contribution in [0.1, 0.15) is 42.5 Å². The van der Waals surface area contributed by atoms with Gasteiger partial charge in [-0.25, -0.2) is 8.42 Å². The molecule has 1 aromatic heterocycles. The summed E-state index contributed by atoms with van der Waals surface area (Å²) in [6.07, 6.45) is 1.27. The second-order valence-electron chi connectivity index (χ2n) is 7.80. The maximum absolute atomic E-state index is 13.4. The van der Waals surface area contributed by atoms with E-state index in [4.69, 9.17) is 18.9 Å². The maximum Gasteiger partial charge on any atom is 0.243 e. The number of hydrogen-bond acceptors (Lipinski definition) is 8. The van der Waals surface area contributed by atoms with Gasteiger partial charge in [-0.2, -0.15) is 0 Å². The standard InChI is InChI=1S/C23H28N4O6S/c1-15(16-8-5-9-17(14-16)30-2)34(28,29)26-23-25-24-22(20-12-7-13-33-20)27(23)21-18(31-3)10-6-11-19(21)32-4/h5-6,8-11,14-15,20H,7,12-13H2,1-4H3,(H,25,26)/t15-,20-/m1/s1. The molecule has 0 radical (unpaired) electrons. The summed E-state index contributed by atoms with van der Waals surface area (Å²) >= 11 is 0. The zero-order chi connectivity index (χ0) is 24.3. The van der Waals surface area contributed by atoms with Gasteiger partial charge in [0.2, 0.25) is 16.0 Å². The van der Waals surface area contributed by atoms with Crippen LogP contribution in [0.25, 0.3) is 5.69 Å². The Hall–Kier alpha value is -3.31. The third-order valence-corrected chi connectivity index (χ3v) is 7.46. The monoisotopic (exact) mass is 488 g/mol. The van der Waals surface area contributed by atoms with Crippen LogP contribution in [0.3, 0.4) is 0 Å². The van der Waals surface area contributed by atoms with E-state index in [0.717, 1.165) is 12.8 Å². The number of benzene rings is 2. The molecular formula is C23H28N4O6S. The number of aromatic nitrogens is 3. The molecule has 1 N–H and O–H groups in total. The van der Waals surface area contributed by atoms with Crippen LogP contribution in [0.2, 0.25) is 0 Å². The van der Waals surface area contributed by atoms with Gasteiger partial charge in [0.1, 0.15) is 34.3 Å². The van der Waals surface area contributed by atoms with Crippen molar-refractivity contribution in [3.8, 4) is 22.9 Å². The molecule has 1 fully saturated rings. The average Bonchev–Trinajstić information content (AvgIpc) is 3.52. The minimum Gasteiger partial charge on any atom is -0.497 e. The normalized spacial score (nSPS) is 16.8. The van der Waals surface area contributed by atoms with Gasteiger partial charge >= 0.3 is 0 Å². The number of para-hydroxylation sites is 1. The van der Waals surface area contributed by atoms with Crippen LogP contribution in [0, 0.1) is 0 Å². The Kier molecular flexibility index (Phi) is 6.94. The Balaban J connectivity index is 1.80. The van der Waals surface area contributed by atoms with E-state index in [1.165, 1.54) is 21.3 Å². The zero-order valence-corrected chi connectivity index (χ0v) is 20.3. The van der Waals surface area contributed by atoms with Gasteiger partial charge in [-0.05, 0) is 49.6 Å². The van der Waals surface area contributed by atoms with E-state index in [9.17, 15) is 8.42 Å². The summed E-state index contributed by atoms with van der Waals surface area (Å²) in [5, 5.41) is 7.60. The molecule has 2 atom stereocenters. The van der Waals surface area contributed by atoms with Gasteiger partial charge in [-0.3, -0.25) is 9.29 Å². The number of hydrogen-bond donors (Lipinski definition) is 1. The molecule has 0 spiro atoms. The number of anilines is 1. The topological polar surface area (TPSA) is 114 Å². The van der Waals surface area contributed by atoms with Crippen molar-refractivity contribution in [3.63, 3.8) is 0 Å². The minimum atomic E-state index is -3.92. The summed E-state index contributed by atoms with van der Waals surface area (Å²) in [6, 6.07) is 12.2. The zero-order valence-electron chi connectivity index (χ0n) is 19.5. The fraction of sp³-hybridized carbons (Fsp3) is 0.391. The van der Waals surface area contributed by atoms with E-state index in [0.29, 0.717) is 40.9 Å². The molecule has 182 valence electrons. The number of nitrogens with one attached hydrogen (secondary N) is 1.